The van der Waals surface area contributed by atoms with Crippen molar-refractivity contribution in [3.05, 3.63) is 77.3 Å². The van der Waals surface area contributed by atoms with Crippen molar-refractivity contribution >= 4 is 0 Å². The molecule has 1 fully saturated rings. The van der Waals surface area contributed by atoms with E-state index >= 15 is 0 Å². The van der Waals surface area contributed by atoms with E-state index < -0.39 is 0 Å². The van der Waals surface area contributed by atoms with Crippen LogP contribution in [0, 0.1) is 25.7 Å². The zero-order valence-corrected chi connectivity index (χ0v) is 20.8. The van der Waals surface area contributed by atoms with Crippen molar-refractivity contribution in [3.63, 3.8) is 0 Å². The maximum atomic E-state index is 6.35. The Morgan fingerprint density at radius 1 is 1.11 bits per heavy atom. The molecule has 2 aromatic heterocycles. The van der Waals surface area contributed by atoms with Crippen LogP contribution in [-0.2, 0) is 6.42 Å². The topological polar surface area (TPSA) is 83.4 Å². The third kappa shape index (κ3) is 5.28. The van der Waals surface area contributed by atoms with Crippen molar-refractivity contribution in [2.24, 2.45) is 0 Å². The summed E-state index contributed by atoms with van der Waals surface area (Å²) in [5.41, 5.74) is 4.54. The number of hydrogen-bond donors (Lipinski definition) is 0. The van der Waals surface area contributed by atoms with E-state index in [0.717, 1.165) is 52.3 Å². The molecule has 1 aliphatic rings. The molecule has 1 unspecified atom stereocenters. The SMILES string of the molecule is COc1ccc(C(C#Cc2cccc(C)c2-c2ncno2)Cc2nc(C)co2)cc1OC1CCCC1. The van der Waals surface area contributed by atoms with Crippen molar-refractivity contribution in [1.82, 2.24) is 15.1 Å². The van der Waals surface area contributed by atoms with E-state index in [9.17, 15) is 0 Å². The second-order valence-electron chi connectivity index (χ2n) is 9.09. The molecule has 1 saturated carbocycles. The fourth-order valence-electron chi connectivity index (χ4n) is 4.62. The van der Waals surface area contributed by atoms with Crippen LogP contribution >= 0.6 is 0 Å². The average molecular weight is 484 g/mol. The van der Waals surface area contributed by atoms with Crippen molar-refractivity contribution in [3.8, 4) is 34.8 Å². The number of methoxy groups -OCH3 is 1. The van der Waals surface area contributed by atoms with Gasteiger partial charge in [-0.25, -0.2) is 4.98 Å². The van der Waals surface area contributed by atoms with Crippen LogP contribution in [0.1, 0.15) is 59.9 Å². The molecule has 0 aliphatic heterocycles. The van der Waals surface area contributed by atoms with Gasteiger partial charge in [0.05, 0.1) is 30.4 Å². The van der Waals surface area contributed by atoms with E-state index in [4.69, 9.17) is 18.4 Å². The Balaban J connectivity index is 1.53. The molecule has 0 radical (unpaired) electrons. The van der Waals surface area contributed by atoms with E-state index in [0.29, 0.717) is 18.2 Å². The molecule has 36 heavy (non-hydrogen) atoms. The molecule has 0 N–H and O–H groups in total. The third-order valence-corrected chi connectivity index (χ3v) is 6.46. The molecule has 1 aliphatic carbocycles. The van der Waals surface area contributed by atoms with Gasteiger partial charge >= 0.3 is 0 Å². The predicted molar refractivity (Wildman–Crippen MR) is 135 cm³/mol. The lowest BCUT2D eigenvalue weighted by molar-refractivity contribution is 0.200. The van der Waals surface area contributed by atoms with Gasteiger partial charge in [0.15, 0.2) is 23.7 Å². The maximum Gasteiger partial charge on any atom is 0.259 e. The smallest absolute Gasteiger partial charge is 0.259 e. The van der Waals surface area contributed by atoms with Crippen LogP contribution in [0.3, 0.4) is 0 Å². The Bertz CT molecular complexity index is 1380. The molecule has 7 nitrogen and oxygen atoms in total. The minimum atomic E-state index is -0.184. The molecular weight excluding hydrogens is 454 g/mol. The van der Waals surface area contributed by atoms with Crippen molar-refractivity contribution < 1.29 is 18.4 Å². The first-order valence-corrected chi connectivity index (χ1v) is 12.2. The Kier molecular flexibility index (Phi) is 7.03. The first kappa shape index (κ1) is 23.7. The van der Waals surface area contributed by atoms with Crippen LogP contribution in [0.2, 0.25) is 0 Å². The van der Waals surface area contributed by atoms with Gasteiger partial charge in [0, 0.05) is 12.0 Å². The Hall–Kier alpha value is -4.05. The molecule has 7 heteroatoms. The van der Waals surface area contributed by atoms with Gasteiger partial charge < -0.3 is 18.4 Å². The highest BCUT2D eigenvalue weighted by Crippen LogP contribution is 2.35. The fourth-order valence-corrected chi connectivity index (χ4v) is 4.62. The van der Waals surface area contributed by atoms with Crippen LogP contribution < -0.4 is 9.47 Å². The van der Waals surface area contributed by atoms with E-state index in [1.807, 2.05) is 50.2 Å². The van der Waals surface area contributed by atoms with Gasteiger partial charge in [0.1, 0.15) is 6.26 Å². The van der Waals surface area contributed by atoms with E-state index in [2.05, 4.69) is 27.0 Å². The van der Waals surface area contributed by atoms with Gasteiger partial charge in [0.2, 0.25) is 0 Å². The second kappa shape index (κ2) is 10.7. The maximum absolute atomic E-state index is 6.35. The lowest BCUT2D eigenvalue weighted by Crippen LogP contribution is -2.12. The van der Waals surface area contributed by atoms with E-state index in [-0.39, 0.29) is 12.0 Å². The largest absolute Gasteiger partial charge is 0.493 e. The summed E-state index contributed by atoms with van der Waals surface area (Å²) in [4.78, 5) is 8.76. The summed E-state index contributed by atoms with van der Waals surface area (Å²) >= 11 is 0. The Morgan fingerprint density at radius 2 is 1.97 bits per heavy atom. The normalized spacial score (nSPS) is 14.3. The minimum absolute atomic E-state index is 0.184. The summed E-state index contributed by atoms with van der Waals surface area (Å²) in [5, 5.41) is 3.77. The van der Waals surface area contributed by atoms with Crippen LogP contribution in [0.5, 0.6) is 11.5 Å². The molecule has 1 atom stereocenters. The highest BCUT2D eigenvalue weighted by molar-refractivity contribution is 5.68. The van der Waals surface area contributed by atoms with E-state index in [1.165, 1.54) is 19.2 Å². The molecule has 2 heterocycles. The number of hydrogen-bond acceptors (Lipinski definition) is 7. The summed E-state index contributed by atoms with van der Waals surface area (Å²) in [5.74, 6) is 9.21. The van der Waals surface area contributed by atoms with Crippen molar-refractivity contribution in [2.45, 2.75) is 58.0 Å². The zero-order chi connectivity index (χ0) is 24.9. The van der Waals surface area contributed by atoms with Gasteiger partial charge in [0.25, 0.3) is 5.89 Å². The van der Waals surface area contributed by atoms with Gasteiger partial charge in [-0.2, -0.15) is 4.98 Å². The molecule has 0 amide bonds. The van der Waals surface area contributed by atoms with E-state index in [1.54, 1.807) is 13.4 Å². The lowest BCUT2D eigenvalue weighted by Gasteiger charge is -2.18. The first-order chi connectivity index (χ1) is 17.6. The highest BCUT2D eigenvalue weighted by Gasteiger charge is 2.21. The number of oxazole rings is 1. The zero-order valence-electron chi connectivity index (χ0n) is 20.8. The van der Waals surface area contributed by atoms with Crippen LogP contribution in [0.15, 0.2) is 57.9 Å². The third-order valence-electron chi connectivity index (χ3n) is 6.46. The van der Waals surface area contributed by atoms with Gasteiger partial charge in [-0.15, -0.1) is 0 Å². The van der Waals surface area contributed by atoms with Crippen molar-refractivity contribution in [2.75, 3.05) is 7.11 Å². The van der Waals surface area contributed by atoms with Gasteiger partial charge in [-0.1, -0.05) is 35.2 Å². The molecule has 0 spiro atoms. The van der Waals surface area contributed by atoms with Crippen LogP contribution in [-0.4, -0.2) is 28.3 Å². The number of benzene rings is 2. The number of aryl methyl sites for hydroxylation is 2. The Morgan fingerprint density at radius 3 is 2.69 bits per heavy atom. The summed E-state index contributed by atoms with van der Waals surface area (Å²) in [7, 11) is 1.67. The van der Waals surface area contributed by atoms with Gasteiger partial charge in [-0.05, 0) is 68.9 Å². The molecule has 184 valence electrons. The summed E-state index contributed by atoms with van der Waals surface area (Å²) in [6.07, 6.45) is 8.34. The van der Waals surface area contributed by atoms with Gasteiger partial charge in [-0.3, -0.25) is 0 Å². The molecular formula is C29H29N3O4. The van der Waals surface area contributed by atoms with Crippen LogP contribution in [0.4, 0.5) is 0 Å². The second-order valence-corrected chi connectivity index (χ2v) is 9.09. The fraction of sp³-hybridized carbons (Fsp3) is 0.345. The first-order valence-electron chi connectivity index (χ1n) is 12.2. The highest BCUT2D eigenvalue weighted by atomic mass is 16.5. The summed E-state index contributed by atoms with van der Waals surface area (Å²) in [6, 6.07) is 12.0. The van der Waals surface area contributed by atoms with Crippen LogP contribution in [0.25, 0.3) is 11.5 Å². The minimum Gasteiger partial charge on any atom is -0.493 e. The number of ether oxygens (including phenoxy) is 2. The van der Waals surface area contributed by atoms with Crippen molar-refractivity contribution in [1.29, 1.82) is 0 Å². The predicted octanol–water partition coefficient (Wildman–Crippen LogP) is 6.05. The number of nitrogens with zero attached hydrogens (tertiary/aromatic N) is 3. The molecule has 0 bridgehead atoms. The Labute approximate surface area is 210 Å². The monoisotopic (exact) mass is 483 g/mol. The standard InChI is InChI=1S/C29H29N3O4/c1-19-7-6-8-21(28(19)29-30-18-31-36-29)11-12-23(16-27-32-20(2)17-34-27)22-13-14-25(33-3)26(15-22)35-24-9-4-5-10-24/h6-8,13-15,17-18,23-24H,4-5,9-10,16H2,1-3H3. The molecule has 5 rings (SSSR count). The number of aromatic nitrogens is 3. The average Bonchev–Trinajstić information content (AvgIpc) is 3.66. The quantitative estimate of drug-likeness (QED) is 0.296. The molecule has 2 aromatic carbocycles. The summed E-state index contributed by atoms with van der Waals surface area (Å²) < 4.78 is 23.0. The number of rotatable bonds is 7. The molecule has 0 saturated heterocycles. The summed E-state index contributed by atoms with van der Waals surface area (Å²) in [6.45, 7) is 3.92. The molecule has 4 aromatic rings. The lowest BCUT2D eigenvalue weighted by atomic mass is 9.94.